The Bertz CT molecular complexity index is 1060. The Kier molecular flexibility index (Phi) is 11.7. The monoisotopic (exact) mass is 473 g/mol. The Morgan fingerprint density at radius 3 is 2.34 bits per heavy atom. The molecule has 1 amide bonds. The molecule has 0 spiro atoms. The molecule has 1 atom stereocenters. The van der Waals surface area contributed by atoms with Gasteiger partial charge in [0.1, 0.15) is 0 Å². The maximum Gasteiger partial charge on any atom is 0.221 e. The molecular weight excluding hydrogens is 434 g/mol. The molecule has 0 fully saturated rings. The smallest absolute Gasteiger partial charge is 0.221 e. The Morgan fingerprint density at radius 2 is 1.71 bits per heavy atom. The summed E-state index contributed by atoms with van der Waals surface area (Å²) in [6.45, 7) is 24.0. The molecule has 2 rings (SSSR count). The van der Waals surface area contributed by atoms with E-state index < -0.39 is 0 Å². The molecule has 0 saturated carbocycles. The molecule has 2 aromatic rings. The van der Waals surface area contributed by atoms with Gasteiger partial charge in [-0.05, 0) is 28.6 Å². The highest BCUT2D eigenvalue weighted by atomic mass is 16.1. The Balaban J connectivity index is 2.22. The van der Waals surface area contributed by atoms with Gasteiger partial charge in [-0.3, -0.25) is 20.4 Å². The van der Waals surface area contributed by atoms with Crippen LogP contribution in [0.4, 0.5) is 0 Å². The van der Waals surface area contributed by atoms with E-state index >= 15 is 0 Å². The number of carbonyl (C=O) groups is 1. The quantitative estimate of drug-likeness (QED) is 0.160. The molecular formula is C29H39N5O. The lowest BCUT2D eigenvalue weighted by Crippen LogP contribution is -2.53. The van der Waals surface area contributed by atoms with Gasteiger partial charge < -0.3 is 4.90 Å². The Morgan fingerprint density at radius 1 is 1.00 bits per heavy atom. The van der Waals surface area contributed by atoms with Gasteiger partial charge >= 0.3 is 0 Å². The molecule has 0 aliphatic heterocycles. The largest absolute Gasteiger partial charge is 0.354 e. The van der Waals surface area contributed by atoms with Crippen LogP contribution in [0.15, 0.2) is 86.1 Å². The first kappa shape index (κ1) is 27.8. The third kappa shape index (κ3) is 9.37. The molecule has 2 aromatic carbocycles. The molecule has 2 N–H and O–H groups in total. The zero-order valence-corrected chi connectivity index (χ0v) is 21.0. The number of hydrogen-bond donors (Lipinski definition) is 2. The summed E-state index contributed by atoms with van der Waals surface area (Å²) >= 11 is 0. The Hall–Kier alpha value is -3.45. The van der Waals surface area contributed by atoms with Gasteiger partial charge in [0.05, 0.1) is 12.7 Å². The van der Waals surface area contributed by atoms with Crippen LogP contribution in [0.3, 0.4) is 0 Å². The summed E-state index contributed by atoms with van der Waals surface area (Å²) in [4.78, 5) is 15.5. The van der Waals surface area contributed by atoms with Crippen molar-refractivity contribution in [2.24, 2.45) is 0 Å². The molecule has 0 radical (unpaired) electrons. The summed E-state index contributed by atoms with van der Waals surface area (Å²) in [6.07, 6.45) is 4.24. The predicted octanol–water partition coefficient (Wildman–Crippen LogP) is 2.21. The van der Waals surface area contributed by atoms with E-state index in [1.54, 1.807) is 11.1 Å². The second-order valence-electron chi connectivity index (χ2n) is 8.61. The van der Waals surface area contributed by atoms with E-state index in [1.807, 2.05) is 30.3 Å². The van der Waals surface area contributed by atoms with Gasteiger partial charge in [0.15, 0.2) is 0 Å². The summed E-state index contributed by atoms with van der Waals surface area (Å²) in [7, 11) is 2.10. The van der Waals surface area contributed by atoms with Crippen LogP contribution in [0.2, 0.25) is 0 Å². The molecule has 0 aromatic heterocycles. The fourth-order valence-corrected chi connectivity index (χ4v) is 3.87. The molecule has 35 heavy (non-hydrogen) atoms. The Labute approximate surface area is 210 Å². The van der Waals surface area contributed by atoms with E-state index in [1.165, 1.54) is 11.1 Å². The van der Waals surface area contributed by atoms with Crippen LogP contribution < -0.4 is 21.2 Å². The maximum absolute atomic E-state index is 11.1. The first-order chi connectivity index (χ1) is 16.9. The van der Waals surface area contributed by atoms with Crippen molar-refractivity contribution in [1.29, 1.82) is 0 Å². The predicted molar refractivity (Wildman–Crippen MR) is 147 cm³/mol. The van der Waals surface area contributed by atoms with Crippen molar-refractivity contribution in [3.8, 4) is 0 Å². The van der Waals surface area contributed by atoms with Crippen molar-refractivity contribution < 1.29 is 4.79 Å². The van der Waals surface area contributed by atoms with E-state index in [9.17, 15) is 4.79 Å². The first-order valence-electron chi connectivity index (χ1n) is 11.7. The molecule has 0 saturated heterocycles. The van der Waals surface area contributed by atoms with E-state index in [-0.39, 0.29) is 6.17 Å². The summed E-state index contributed by atoms with van der Waals surface area (Å²) < 4.78 is 0. The fourth-order valence-electron chi connectivity index (χ4n) is 3.87. The molecule has 0 aliphatic rings. The van der Waals surface area contributed by atoms with Crippen LogP contribution in [-0.2, 0) is 17.9 Å². The van der Waals surface area contributed by atoms with E-state index in [0.29, 0.717) is 32.6 Å². The molecule has 6 heteroatoms. The van der Waals surface area contributed by atoms with Crippen LogP contribution in [-0.4, -0.2) is 60.6 Å². The van der Waals surface area contributed by atoms with Gasteiger partial charge in [0, 0.05) is 38.4 Å². The summed E-state index contributed by atoms with van der Waals surface area (Å²) in [5.41, 5.74) is 5.97. The number of rotatable bonds is 17. The van der Waals surface area contributed by atoms with Crippen LogP contribution in [0, 0.1) is 0 Å². The zero-order chi connectivity index (χ0) is 25.6. The second-order valence-corrected chi connectivity index (χ2v) is 8.61. The lowest BCUT2D eigenvalue weighted by molar-refractivity contribution is -0.113. The SMILES string of the molecule is C=CCN(CC(=C)N(CC=C)C(CN(C)Cc1ccc(=C)c(=C)c1)NCc1ccccc1)NC=O. The third-order valence-corrected chi connectivity index (χ3v) is 5.66. The van der Waals surface area contributed by atoms with Gasteiger partial charge in [-0.25, -0.2) is 5.01 Å². The van der Waals surface area contributed by atoms with Crippen molar-refractivity contribution in [2.75, 3.05) is 33.2 Å². The van der Waals surface area contributed by atoms with E-state index in [2.05, 4.69) is 84.8 Å². The molecule has 6 nitrogen and oxygen atoms in total. The van der Waals surface area contributed by atoms with Crippen LogP contribution in [0.1, 0.15) is 11.1 Å². The maximum atomic E-state index is 11.1. The summed E-state index contributed by atoms with van der Waals surface area (Å²) in [6, 6.07) is 16.5. The minimum absolute atomic E-state index is 0.0427. The van der Waals surface area contributed by atoms with Crippen LogP contribution >= 0.6 is 0 Å². The van der Waals surface area contributed by atoms with Crippen molar-refractivity contribution in [2.45, 2.75) is 19.3 Å². The molecule has 0 bridgehead atoms. The standard InChI is InChI=1S/C29H39N5O/c1-7-16-33(31-23-35)20-26(5)34(17-8-2)29(30-19-27-12-10-9-11-13-27)22-32(6)21-28-15-14-24(3)25(4)18-28/h7-15,18,23,29-30H,1-5,16-17,19-22H2,6H3,(H,31,35). The average Bonchev–Trinajstić information content (AvgIpc) is 2.83. The number of carbonyl (C=O) groups excluding carboxylic acids is 1. The van der Waals surface area contributed by atoms with Gasteiger partial charge in [-0.2, -0.15) is 0 Å². The van der Waals surface area contributed by atoms with Crippen LogP contribution in [0.5, 0.6) is 0 Å². The van der Waals surface area contributed by atoms with Gasteiger partial charge in [0.25, 0.3) is 0 Å². The molecule has 0 aliphatic carbocycles. The van der Waals surface area contributed by atoms with E-state index in [0.717, 1.165) is 29.2 Å². The number of likely N-dealkylation sites (N-methyl/N-ethyl adjacent to an activating group) is 1. The van der Waals surface area contributed by atoms with Crippen molar-refractivity contribution in [3.63, 3.8) is 0 Å². The summed E-state index contributed by atoms with van der Waals surface area (Å²) in [5, 5.41) is 7.36. The minimum Gasteiger partial charge on any atom is -0.354 e. The third-order valence-electron chi connectivity index (χ3n) is 5.66. The number of amides is 1. The highest BCUT2D eigenvalue weighted by Gasteiger charge is 2.22. The lowest BCUT2D eigenvalue weighted by Gasteiger charge is -2.38. The van der Waals surface area contributed by atoms with Gasteiger partial charge in [0.2, 0.25) is 6.41 Å². The number of benzene rings is 2. The second kappa shape index (κ2) is 14.7. The van der Waals surface area contributed by atoms with Crippen molar-refractivity contribution in [1.82, 2.24) is 25.6 Å². The highest BCUT2D eigenvalue weighted by molar-refractivity contribution is 5.45. The average molecular weight is 474 g/mol. The van der Waals surface area contributed by atoms with Crippen molar-refractivity contribution >= 4 is 19.6 Å². The molecule has 0 heterocycles. The van der Waals surface area contributed by atoms with Gasteiger partial charge in [-0.1, -0.05) is 80.4 Å². The normalized spacial score (nSPS) is 11.7. The number of nitrogens with one attached hydrogen (secondary N) is 2. The molecule has 186 valence electrons. The number of hydrazine groups is 1. The topological polar surface area (TPSA) is 50.9 Å². The number of hydrogen-bond acceptors (Lipinski definition) is 5. The number of nitrogens with zero attached hydrogens (tertiary/aromatic N) is 3. The molecule has 1 unspecified atom stereocenters. The van der Waals surface area contributed by atoms with E-state index in [4.69, 9.17) is 0 Å². The summed E-state index contributed by atoms with van der Waals surface area (Å²) in [5.74, 6) is 0. The zero-order valence-electron chi connectivity index (χ0n) is 21.0. The van der Waals surface area contributed by atoms with Crippen molar-refractivity contribution in [3.05, 3.63) is 108 Å². The first-order valence-corrected chi connectivity index (χ1v) is 11.7. The minimum atomic E-state index is -0.0427. The van der Waals surface area contributed by atoms with Crippen LogP contribution in [0.25, 0.3) is 13.2 Å². The fraction of sp³-hybridized carbons (Fsp3) is 0.276. The highest BCUT2D eigenvalue weighted by Crippen LogP contribution is 2.12. The van der Waals surface area contributed by atoms with Gasteiger partial charge in [-0.15, -0.1) is 13.2 Å². The lowest BCUT2D eigenvalue weighted by atomic mass is 10.1.